The fourth-order valence-electron chi connectivity index (χ4n) is 5.98. The Bertz CT molecular complexity index is 2490. The summed E-state index contributed by atoms with van der Waals surface area (Å²) >= 11 is 0. The van der Waals surface area contributed by atoms with Crippen molar-refractivity contribution in [3.8, 4) is 11.5 Å². The Labute approximate surface area is 419 Å². The number of hydrogen-bond acceptors (Lipinski definition) is 19. The first kappa shape index (κ1) is 64.2. The van der Waals surface area contributed by atoms with Gasteiger partial charge in [-0.2, -0.15) is 20.5 Å². The maximum atomic E-state index is 13.9. The second-order valence-corrected chi connectivity index (χ2v) is 14.3. The van der Waals surface area contributed by atoms with Crippen LogP contribution in [0.5, 0.6) is 11.5 Å². The van der Waals surface area contributed by atoms with Crippen molar-refractivity contribution in [2.75, 3.05) is 43.3 Å². The number of Topliss-reactive ketones (excluding diaryl/α,β-unsaturated/α-hetero) is 2. The van der Waals surface area contributed by atoms with E-state index in [0.29, 0.717) is 67.8 Å². The smallest absolute Gasteiger partial charge is 0.256 e. The number of carboxylic acids is 4. The Hall–Kier alpha value is -8.85. The van der Waals surface area contributed by atoms with Crippen molar-refractivity contribution >= 4 is 81.6 Å². The van der Waals surface area contributed by atoms with Crippen LogP contribution in [0.2, 0.25) is 0 Å². The zero-order chi connectivity index (χ0) is 55.6. The van der Waals surface area contributed by atoms with Crippen molar-refractivity contribution in [1.29, 1.82) is 0 Å². The molecule has 26 nitrogen and oxygen atoms in total. The topological polar surface area (TPSA) is 460 Å². The van der Waals surface area contributed by atoms with E-state index in [1.807, 2.05) is 0 Å². The Morgan fingerprint density at radius 3 is 1.18 bits per heavy atom. The molecule has 0 aliphatic rings. The summed E-state index contributed by atoms with van der Waals surface area (Å²) in [4.78, 5) is 99.3. The maximum Gasteiger partial charge on any atom is 0.256 e. The minimum atomic E-state index is -1.08. The number of rotatable bonds is 20. The molecule has 4 aromatic rings. The van der Waals surface area contributed by atoms with Crippen LogP contribution in [0.3, 0.4) is 0 Å². The molecule has 0 aromatic heterocycles. The lowest BCUT2D eigenvalue weighted by Gasteiger charge is -2.19. The van der Waals surface area contributed by atoms with Crippen molar-refractivity contribution in [3.05, 3.63) is 101 Å². The summed E-state index contributed by atoms with van der Waals surface area (Å²) in [6, 6.07) is 20.3. The molecule has 26 heteroatoms. The summed E-state index contributed by atoms with van der Waals surface area (Å²) in [5.41, 5.74) is 21.4. The molecule has 0 unspecified atom stereocenters. The molecule has 0 aliphatic carbocycles. The van der Waals surface area contributed by atoms with Crippen LogP contribution in [0.4, 0.5) is 28.4 Å². The van der Waals surface area contributed by atoms with E-state index in [2.05, 4.69) is 59.3 Å². The highest BCUT2D eigenvalue weighted by molar-refractivity contribution is 6.08. The molecule has 15 N–H and O–H groups in total. The van der Waals surface area contributed by atoms with E-state index in [-0.39, 0.29) is 45.7 Å². The van der Waals surface area contributed by atoms with E-state index in [9.17, 15) is 24.0 Å². The first-order valence-corrected chi connectivity index (χ1v) is 21.6. The molecule has 4 aromatic carbocycles. The molecule has 0 heterocycles. The highest BCUT2D eigenvalue weighted by Gasteiger charge is 2.29. The van der Waals surface area contributed by atoms with Gasteiger partial charge >= 0.3 is 0 Å². The Balaban J connectivity index is 0.00000283. The van der Waals surface area contributed by atoms with Gasteiger partial charge in [0.15, 0.2) is 11.6 Å². The number of aliphatic carboxylic acids is 4. The Morgan fingerprint density at radius 1 is 0.493 bits per heavy atom. The summed E-state index contributed by atoms with van der Waals surface area (Å²) in [5.74, 6) is -5.67. The van der Waals surface area contributed by atoms with Gasteiger partial charge in [0.1, 0.15) is 56.5 Å². The van der Waals surface area contributed by atoms with Crippen molar-refractivity contribution in [2.45, 2.75) is 66.7 Å². The van der Waals surface area contributed by atoms with Gasteiger partial charge in [-0.1, -0.05) is 24.3 Å². The maximum absolute atomic E-state index is 13.9. The van der Waals surface area contributed by atoms with Crippen LogP contribution in [0.25, 0.3) is 0 Å². The average Bonchev–Trinajstić information content (AvgIpc) is 3.30. The second kappa shape index (κ2) is 35.3. The third kappa shape index (κ3) is 26.1. The number of nitrogens with zero attached hydrogens (tertiary/aromatic N) is 4. The van der Waals surface area contributed by atoms with E-state index in [4.69, 9.17) is 49.1 Å². The van der Waals surface area contributed by atoms with Gasteiger partial charge in [-0.25, -0.2) is 0 Å². The van der Waals surface area contributed by atoms with Gasteiger partial charge in [-0.3, -0.25) is 24.0 Å². The number of benzene rings is 4. The quantitative estimate of drug-likeness (QED) is 0.0331. The molecule has 0 bridgehead atoms. The minimum Gasteiger partial charge on any atom is -0.550 e. The number of carbonyl (C=O) groups is 9. The lowest BCUT2D eigenvalue weighted by atomic mass is 9.88. The molecular weight excluding hydrogens is 959 g/mol. The average molecular weight is 1020 g/mol. The van der Waals surface area contributed by atoms with Gasteiger partial charge in [-0.15, -0.1) is 0 Å². The lowest BCUT2D eigenvalue weighted by molar-refractivity contribution is -0.397. The zero-order valence-corrected chi connectivity index (χ0v) is 41.3. The SMILES string of the molecule is CC(=O)[O-].CC(=O)[O-].CC(=O)[O-].CC(=O)[O-].COc1ccccc1NC(=O)CC(=O)CN=Nc1ccc(NC(=O)c2c(C[NH3+])c(C[NH3+])c(N=NCC(=O)CC(=O)Nc3ccccc3OC)c(C[NH3+])c2C[NH3+])cc1. The number of carboxylic acid groups (broad SMARTS) is 4. The number of hydrogen-bond donors (Lipinski definition) is 7. The summed E-state index contributed by atoms with van der Waals surface area (Å²) in [6.45, 7) is 4.19. The third-order valence-corrected chi connectivity index (χ3v) is 8.58. The lowest BCUT2D eigenvalue weighted by Crippen LogP contribution is -2.54. The third-order valence-electron chi connectivity index (χ3n) is 8.58. The fourth-order valence-corrected chi connectivity index (χ4v) is 5.98. The van der Waals surface area contributed by atoms with Gasteiger partial charge in [-0.05, 0) is 76.2 Å². The minimum absolute atomic E-state index is 0.225. The van der Waals surface area contributed by atoms with Crippen LogP contribution in [0, 0.1) is 0 Å². The fraction of sp³-hybridized carbons (Fsp3) is 0.298. The van der Waals surface area contributed by atoms with Crippen LogP contribution >= 0.6 is 0 Å². The Morgan fingerprint density at radius 2 is 0.836 bits per heavy atom. The number of para-hydroxylation sites is 4. The van der Waals surface area contributed by atoms with E-state index >= 15 is 0 Å². The standard InChI is InChI=1S/C39H45N11O7.4C2H4O2/c1-56-33-9-5-3-7-31(33)47-35(53)15-25(51)21-44-49-24-13-11-23(12-14-24)46-39(55)37-27(17-40)29(19-42)38(30(20-43)28(37)18-41)50-45-22-26(52)16-36(54)48-32-8-4-6-10-34(32)57-2;4*1-2(3)4/h3-14H,15-22,40-43H2,1-2H3,(H,46,55)(H,47,53)(H,48,54);4*1H3,(H,3,4). The van der Waals surface area contributed by atoms with Gasteiger partial charge in [0.25, 0.3) is 5.91 Å². The number of methoxy groups -OCH3 is 2. The molecule has 0 saturated carbocycles. The van der Waals surface area contributed by atoms with Crippen LogP contribution in [-0.2, 0) is 64.5 Å². The van der Waals surface area contributed by atoms with Gasteiger partial charge in [0.05, 0.1) is 49.7 Å². The number of ether oxygens (including phenoxy) is 2. The van der Waals surface area contributed by atoms with E-state index in [1.165, 1.54) is 14.2 Å². The first-order valence-electron chi connectivity index (χ1n) is 21.6. The first-order chi connectivity index (χ1) is 34.5. The van der Waals surface area contributed by atoms with Gasteiger partial charge in [0, 0.05) is 51.8 Å². The largest absolute Gasteiger partial charge is 0.550 e. The van der Waals surface area contributed by atoms with Crippen molar-refractivity contribution in [3.63, 3.8) is 0 Å². The molecule has 0 aliphatic heterocycles. The summed E-state index contributed by atoms with van der Waals surface area (Å²) in [6.07, 6.45) is -0.793. The number of anilines is 3. The molecule has 0 radical (unpaired) electrons. The van der Waals surface area contributed by atoms with Crippen LogP contribution in [0.1, 0.15) is 73.1 Å². The van der Waals surface area contributed by atoms with Crippen molar-refractivity contribution in [2.24, 2.45) is 20.5 Å². The predicted octanol–water partition coefficient (Wildman–Crippen LogP) is -3.69. The number of ketones is 2. The molecule has 73 heavy (non-hydrogen) atoms. The molecule has 394 valence electrons. The van der Waals surface area contributed by atoms with E-state index < -0.39 is 59.6 Å². The van der Waals surface area contributed by atoms with Crippen LogP contribution in [0.15, 0.2) is 93.3 Å². The molecule has 0 atom stereocenters. The normalized spacial score (nSPS) is 10.0. The molecule has 3 amide bonds. The van der Waals surface area contributed by atoms with Crippen LogP contribution < -0.4 is 68.8 Å². The second-order valence-electron chi connectivity index (χ2n) is 14.3. The van der Waals surface area contributed by atoms with Crippen molar-refractivity contribution < 1.29 is 96.0 Å². The highest BCUT2D eigenvalue weighted by atomic mass is 16.5. The summed E-state index contributed by atoms with van der Waals surface area (Å²) in [7, 11) is 2.97. The highest BCUT2D eigenvalue weighted by Crippen LogP contribution is 2.35. The molecule has 0 saturated heterocycles. The van der Waals surface area contributed by atoms with Gasteiger partial charge in [0.2, 0.25) is 11.8 Å². The number of quaternary nitrogens is 4. The predicted molar refractivity (Wildman–Crippen MR) is 251 cm³/mol. The molecule has 4 rings (SSSR count). The molecule has 0 spiro atoms. The number of nitrogens with one attached hydrogen (secondary N) is 3. The Kier molecular flexibility index (Phi) is 31.0. The number of azo groups is 2. The van der Waals surface area contributed by atoms with Crippen LogP contribution in [-0.4, -0.2) is 80.5 Å². The summed E-state index contributed by atoms with van der Waals surface area (Å²) in [5, 5.41) is 60.3. The molecule has 0 fully saturated rings. The van der Waals surface area contributed by atoms with Gasteiger partial charge < -0.3 is 88.0 Å². The number of carbonyl (C=O) groups excluding carboxylic acids is 9. The van der Waals surface area contributed by atoms with Crippen molar-refractivity contribution in [1.82, 2.24) is 0 Å². The van der Waals surface area contributed by atoms with E-state index in [0.717, 1.165) is 27.7 Å². The monoisotopic (exact) mass is 1020 g/mol. The van der Waals surface area contributed by atoms with E-state index in [1.54, 1.807) is 72.8 Å². The number of amides is 3. The molecular formula is C47H61N11O15. The zero-order valence-electron chi connectivity index (χ0n) is 41.3. The summed E-state index contributed by atoms with van der Waals surface area (Å²) < 4.78 is 10.5.